The summed E-state index contributed by atoms with van der Waals surface area (Å²) < 4.78 is 0. The summed E-state index contributed by atoms with van der Waals surface area (Å²) in [7, 11) is 0. The quantitative estimate of drug-likeness (QED) is 0.285. The minimum Gasteiger partial charge on any atom is -0.480 e. The van der Waals surface area contributed by atoms with Crippen LogP contribution in [0.1, 0.15) is 13.8 Å². The number of aliphatic hydroxyl groups is 1. The molecule has 0 aromatic rings. The molecule has 3 atom stereocenters. The highest BCUT2D eigenvalue weighted by molar-refractivity contribution is 7.80. The number of aliphatic hydroxyl groups excluding tert-OH is 1. The van der Waals surface area contributed by atoms with Crippen molar-refractivity contribution in [2.75, 3.05) is 12.4 Å². The highest BCUT2D eigenvalue weighted by Gasteiger charge is 2.27. The first kappa shape index (κ1) is 18.7. The van der Waals surface area contributed by atoms with Gasteiger partial charge in [-0.1, -0.05) is 13.8 Å². The van der Waals surface area contributed by atoms with Crippen molar-refractivity contribution in [2.45, 2.75) is 32.0 Å². The first-order valence-corrected chi connectivity index (χ1v) is 6.68. The summed E-state index contributed by atoms with van der Waals surface area (Å²) in [5.74, 6) is -2.78. The second-order valence-electron chi connectivity index (χ2n) is 4.60. The van der Waals surface area contributed by atoms with Crippen molar-refractivity contribution in [3.63, 3.8) is 0 Å². The molecular weight excluding hydrogens is 286 g/mol. The summed E-state index contributed by atoms with van der Waals surface area (Å²) in [4.78, 5) is 34.2. The van der Waals surface area contributed by atoms with Crippen LogP contribution < -0.4 is 16.4 Å². The van der Waals surface area contributed by atoms with Gasteiger partial charge in [-0.15, -0.1) is 0 Å². The Kier molecular flexibility index (Phi) is 8.19. The Morgan fingerprint density at radius 2 is 1.65 bits per heavy atom. The lowest BCUT2D eigenvalue weighted by atomic mass is 10.0. The molecule has 0 saturated carbocycles. The first-order chi connectivity index (χ1) is 9.24. The molecule has 0 rings (SSSR count). The van der Waals surface area contributed by atoms with Gasteiger partial charge in [0.15, 0.2) is 0 Å². The van der Waals surface area contributed by atoms with Crippen LogP contribution >= 0.6 is 12.6 Å². The predicted molar refractivity (Wildman–Crippen MR) is 75.2 cm³/mol. The van der Waals surface area contributed by atoms with Gasteiger partial charge in [-0.25, -0.2) is 4.79 Å². The maximum atomic E-state index is 11.8. The summed E-state index contributed by atoms with van der Waals surface area (Å²) in [6.07, 6.45) is 0. The van der Waals surface area contributed by atoms with Crippen LogP contribution in [0.3, 0.4) is 0 Å². The third kappa shape index (κ3) is 5.76. The van der Waals surface area contributed by atoms with Gasteiger partial charge in [0.05, 0.1) is 12.6 Å². The number of carboxylic acid groups (broad SMARTS) is 1. The summed E-state index contributed by atoms with van der Waals surface area (Å²) in [5, 5.41) is 22.0. The minimum absolute atomic E-state index is 0.0276. The number of carboxylic acids is 1. The summed E-state index contributed by atoms with van der Waals surface area (Å²) in [6.45, 7) is 2.76. The lowest BCUT2D eigenvalue weighted by Crippen LogP contribution is -2.56. The zero-order valence-corrected chi connectivity index (χ0v) is 12.3. The molecule has 0 saturated heterocycles. The molecule has 0 aliphatic heterocycles. The Balaban J connectivity index is 4.64. The van der Waals surface area contributed by atoms with Crippen LogP contribution in [-0.2, 0) is 14.4 Å². The molecule has 2 amide bonds. The summed E-state index contributed by atoms with van der Waals surface area (Å²) in [5.41, 5.74) is 5.64. The van der Waals surface area contributed by atoms with Crippen LogP contribution in [0.4, 0.5) is 0 Å². The molecule has 8 nitrogen and oxygen atoms in total. The first-order valence-electron chi connectivity index (χ1n) is 6.05. The Morgan fingerprint density at radius 1 is 1.15 bits per heavy atom. The molecule has 0 heterocycles. The lowest BCUT2D eigenvalue weighted by molar-refractivity contribution is -0.143. The van der Waals surface area contributed by atoms with E-state index in [2.05, 4.69) is 23.3 Å². The van der Waals surface area contributed by atoms with Crippen molar-refractivity contribution in [1.82, 2.24) is 10.6 Å². The van der Waals surface area contributed by atoms with Crippen LogP contribution in [0.15, 0.2) is 0 Å². The zero-order valence-electron chi connectivity index (χ0n) is 11.4. The molecule has 116 valence electrons. The number of carbonyl (C=O) groups excluding carboxylic acids is 2. The van der Waals surface area contributed by atoms with Crippen LogP contribution in [0.25, 0.3) is 0 Å². The molecule has 0 bridgehead atoms. The Morgan fingerprint density at radius 3 is 2.00 bits per heavy atom. The van der Waals surface area contributed by atoms with E-state index in [-0.39, 0.29) is 11.7 Å². The number of hydrogen-bond acceptors (Lipinski definition) is 6. The molecule has 9 heteroatoms. The largest absolute Gasteiger partial charge is 0.480 e. The molecule has 0 aromatic carbocycles. The molecule has 0 radical (unpaired) electrons. The molecule has 6 N–H and O–H groups in total. The molecule has 0 aliphatic carbocycles. The van der Waals surface area contributed by atoms with Gasteiger partial charge in [0.25, 0.3) is 0 Å². The van der Waals surface area contributed by atoms with Crippen molar-refractivity contribution in [1.29, 1.82) is 0 Å². The van der Waals surface area contributed by atoms with E-state index < -0.39 is 42.5 Å². The smallest absolute Gasteiger partial charge is 0.328 e. The highest BCUT2D eigenvalue weighted by Crippen LogP contribution is 2.00. The molecule has 0 spiro atoms. The summed E-state index contributed by atoms with van der Waals surface area (Å²) >= 11 is 3.93. The van der Waals surface area contributed by atoms with E-state index in [1.54, 1.807) is 13.8 Å². The topological polar surface area (TPSA) is 142 Å². The van der Waals surface area contributed by atoms with Crippen molar-refractivity contribution in [3.8, 4) is 0 Å². The van der Waals surface area contributed by atoms with Gasteiger partial charge in [-0.3, -0.25) is 9.59 Å². The van der Waals surface area contributed by atoms with Crippen molar-refractivity contribution >= 4 is 30.4 Å². The van der Waals surface area contributed by atoms with Crippen LogP contribution in [-0.4, -0.2) is 58.5 Å². The number of carbonyl (C=O) groups is 3. The van der Waals surface area contributed by atoms with Gasteiger partial charge in [0, 0.05) is 5.75 Å². The zero-order chi connectivity index (χ0) is 15.9. The Labute approximate surface area is 122 Å². The SMILES string of the molecule is CC(C)[C@H](N)C(=O)N[C@@H](CS)C(=O)N[C@@H](CO)C(=O)O. The second-order valence-corrected chi connectivity index (χ2v) is 4.96. The fourth-order valence-electron chi connectivity index (χ4n) is 1.22. The lowest BCUT2D eigenvalue weighted by Gasteiger charge is -2.22. The Bertz CT molecular complexity index is 364. The average molecular weight is 307 g/mol. The molecule has 0 fully saturated rings. The third-order valence-electron chi connectivity index (χ3n) is 2.63. The molecular formula is C11H21N3O5S. The second kappa shape index (κ2) is 8.77. The van der Waals surface area contributed by atoms with Crippen LogP contribution in [0.2, 0.25) is 0 Å². The summed E-state index contributed by atoms with van der Waals surface area (Å²) in [6, 6.07) is -3.23. The number of nitrogens with two attached hydrogens (primary N) is 1. The van der Waals surface area contributed by atoms with Crippen molar-refractivity contribution < 1.29 is 24.6 Å². The van der Waals surface area contributed by atoms with Crippen molar-refractivity contribution in [2.24, 2.45) is 11.7 Å². The van der Waals surface area contributed by atoms with E-state index in [9.17, 15) is 14.4 Å². The van der Waals surface area contributed by atoms with Gasteiger partial charge in [-0.05, 0) is 5.92 Å². The van der Waals surface area contributed by atoms with Gasteiger partial charge >= 0.3 is 5.97 Å². The van der Waals surface area contributed by atoms with Crippen LogP contribution in [0.5, 0.6) is 0 Å². The Hall–Kier alpha value is -1.32. The maximum Gasteiger partial charge on any atom is 0.328 e. The van der Waals surface area contributed by atoms with Gasteiger partial charge in [0.1, 0.15) is 12.1 Å². The van der Waals surface area contributed by atoms with Gasteiger partial charge < -0.3 is 26.6 Å². The number of aliphatic carboxylic acids is 1. The van der Waals surface area contributed by atoms with E-state index in [1.807, 2.05) is 0 Å². The third-order valence-corrected chi connectivity index (χ3v) is 3.00. The van der Waals surface area contributed by atoms with Gasteiger partial charge in [0.2, 0.25) is 11.8 Å². The van der Waals surface area contributed by atoms with E-state index in [1.165, 1.54) is 0 Å². The van der Waals surface area contributed by atoms with Crippen LogP contribution in [0, 0.1) is 5.92 Å². The fourth-order valence-corrected chi connectivity index (χ4v) is 1.48. The number of thiol groups is 1. The minimum atomic E-state index is -1.43. The molecule has 0 aliphatic rings. The van der Waals surface area contributed by atoms with Crippen molar-refractivity contribution in [3.05, 3.63) is 0 Å². The monoisotopic (exact) mass is 307 g/mol. The highest BCUT2D eigenvalue weighted by atomic mass is 32.1. The average Bonchev–Trinajstić information content (AvgIpc) is 2.39. The predicted octanol–water partition coefficient (Wildman–Crippen LogP) is -2.05. The number of amides is 2. The van der Waals surface area contributed by atoms with E-state index in [0.29, 0.717) is 0 Å². The molecule has 0 aromatic heterocycles. The maximum absolute atomic E-state index is 11.8. The van der Waals surface area contributed by atoms with E-state index >= 15 is 0 Å². The van der Waals surface area contributed by atoms with Gasteiger partial charge in [-0.2, -0.15) is 12.6 Å². The molecule has 0 unspecified atom stereocenters. The van der Waals surface area contributed by atoms with E-state index in [0.717, 1.165) is 0 Å². The van der Waals surface area contributed by atoms with E-state index in [4.69, 9.17) is 15.9 Å². The fraction of sp³-hybridized carbons (Fsp3) is 0.727. The molecule has 20 heavy (non-hydrogen) atoms. The normalized spacial score (nSPS) is 15.3. The number of hydrogen-bond donors (Lipinski definition) is 6. The number of nitrogens with one attached hydrogen (secondary N) is 2. The standard InChI is InChI=1S/C11H21N3O5S/c1-5(2)8(12)10(17)14-7(4-20)9(16)13-6(3-15)11(18)19/h5-8,15,20H,3-4,12H2,1-2H3,(H,13,16)(H,14,17)(H,18,19)/t6-,7-,8-/m0/s1. The number of rotatable bonds is 8.